The number of anilines is 1. The number of nitrogens with zero attached hydrogens (tertiary/aromatic N) is 1. The number of amides is 2. The fourth-order valence-electron chi connectivity index (χ4n) is 3.11. The average Bonchev–Trinajstić information content (AvgIpc) is 2.84. The third kappa shape index (κ3) is 7.22. The third-order valence-corrected chi connectivity index (χ3v) is 5.32. The number of hydrogen-bond acceptors (Lipinski definition) is 5. The van der Waals surface area contributed by atoms with Gasteiger partial charge in [0, 0.05) is 29.3 Å². The number of aromatic hydroxyl groups is 1. The lowest BCUT2D eigenvalue weighted by Crippen LogP contribution is -2.17. The van der Waals surface area contributed by atoms with Gasteiger partial charge in [0.15, 0.2) is 0 Å². The summed E-state index contributed by atoms with van der Waals surface area (Å²) in [7, 11) is 1.43. The molecule has 3 N–H and O–H groups in total. The Hall–Kier alpha value is -4.05. The van der Waals surface area contributed by atoms with Crippen molar-refractivity contribution in [2.45, 2.75) is 19.0 Å². The smallest absolute Gasteiger partial charge is 0.416 e. The number of rotatable bonds is 8. The Morgan fingerprint density at radius 2 is 1.81 bits per heavy atom. The second-order valence-corrected chi connectivity index (χ2v) is 7.97. The van der Waals surface area contributed by atoms with E-state index in [4.69, 9.17) is 16.3 Å². The zero-order chi connectivity index (χ0) is 26.3. The zero-order valence-corrected chi connectivity index (χ0v) is 19.7. The van der Waals surface area contributed by atoms with Gasteiger partial charge in [-0.05, 0) is 54.4 Å². The van der Waals surface area contributed by atoms with E-state index in [1.807, 2.05) is 0 Å². The largest absolute Gasteiger partial charge is 0.506 e. The molecule has 0 unspecified atom stereocenters. The summed E-state index contributed by atoms with van der Waals surface area (Å²) in [6.45, 7) is 0. The van der Waals surface area contributed by atoms with E-state index in [-0.39, 0.29) is 35.1 Å². The molecule has 0 fully saturated rings. The van der Waals surface area contributed by atoms with Gasteiger partial charge < -0.3 is 15.2 Å². The van der Waals surface area contributed by atoms with Gasteiger partial charge in [-0.25, -0.2) is 5.43 Å². The lowest BCUT2D eigenvalue weighted by Gasteiger charge is -2.10. The Labute approximate surface area is 209 Å². The molecule has 7 nitrogen and oxygen atoms in total. The van der Waals surface area contributed by atoms with Crippen LogP contribution in [-0.4, -0.2) is 30.2 Å². The zero-order valence-electron chi connectivity index (χ0n) is 18.9. The minimum absolute atomic E-state index is 0.0327. The minimum atomic E-state index is -4.40. The van der Waals surface area contributed by atoms with Crippen molar-refractivity contribution in [3.8, 4) is 11.5 Å². The molecule has 3 rings (SSSR count). The standard InChI is InChI=1S/C25H21ClF3N3O4/c1-36-22-13-19(31-23(34)11-4-15-2-7-18(8-3-15)25(27,28)29)9-5-17(22)14-30-32-24(35)16-6-10-21(33)20(26)12-16/h2-3,5-10,12-14,33H,4,11H2,1H3,(H,31,34)(H,32,35). The van der Waals surface area contributed by atoms with Crippen LogP contribution < -0.4 is 15.5 Å². The number of nitrogens with one attached hydrogen (secondary N) is 2. The lowest BCUT2D eigenvalue weighted by atomic mass is 10.1. The normalized spacial score (nSPS) is 11.4. The number of ether oxygens (including phenoxy) is 1. The molecule has 0 aromatic heterocycles. The van der Waals surface area contributed by atoms with Gasteiger partial charge in [-0.1, -0.05) is 23.7 Å². The van der Waals surface area contributed by atoms with Crippen LogP contribution in [0.25, 0.3) is 0 Å². The molecule has 0 radical (unpaired) electrons. The first kappa shape index (κ1) is 26.6. The Morgan fingerprint density at radius 1 is 1.08 bits per heavy atom. The molecule has 2 amide bonds. The van der Waals surface area contributed by atoms with Gasteiger partial charge in [0.1, 0.15) is 11.5 Å². The molecule has 0 bridgehead atoms. The minimum Gasteiger partial charge on any atom is -0.506 e. The highest BCUT2D eigenvalue weighted by Crippen LogP contribution is 2.29. The quantitative estimate of drug-likeness (QED) is 0.274. The summed E-state index contributed by atoms with van der Waals surface area (Å²) in [6.07, 6.45) is -2.70. The molecule has 3 aromatic rings. The molecule has 36 heavy (non-hydrogen) atoms. The van der Waals surface area contributed by atoms with E-state index >= 15 is 0 Å². The summed E-state index contributed by atoms with van der Waals surface area (Å²) >= 11 is 5.80. The summed E-state index contributed by atoms with van der Waals surface area (Å²) in [4.78, 5) is 24.5. The molecule has 3 aromatic carbocycles. The highest BCUT2D eigenvalue weighted by atomic mass is 35.5. The van der Waals surface area contributed by atoms with E-state index in [1.54, 1.807) is 18.2 Å². The molecule has 0 aliphatic carbocycles. The monoisotopic (exact) mass is 519 g/mol. The van der Waals surface area contributed by atoms with E-state index < -0.39 is 17.6 Å². The van der Waals surface area contributed by atoms with Crippen LogP contribution in [0.1, 0.15) is 33.5 Å². The van der Waals surface area contributed by atoms with Crippen molar-refractivity contribution < 1.29 is 32.6 Å². The van der Waals surface area contributed by atoms with E-state index in [2.05, 4.69) is 15.8 Å². The average molecular weight is 520 g/mol. The van der Waals surface area contributed by atoms with E-state index in [9.17, 15) is 27.9 Å². The molecular formula is C25H21ClF3N3O4. The molecule has 0 spiro atoms. The molecule has 0 saturated carbocycles. The number of halogens is 4. The molecule has 0 atom stereocenters. The molecule has 188 valence electrons. The molecule has 0 heterocycles. The number of benzene rings is 3. The van der Waals surface area contributed by atoms with Crippen LogP contribution in [0.15, 0.2) is 65.8 Å². The Kier molecular flexibility index (Phi) is 8.55. The number of carbonyl (C=O) groups is 2. The number of hydrogen-bond donors (Lipinski definition) is 3. The van der Waals surface area contributed by atoms with Gasteiger partial charge in [0.25, 0.3) is 5.91 Å². The third-order valence-electron chi connectivity index (χ3n) is 5.02. The predicted octanol–water partition coefficient (Wildman–Crippen LogP) is 5.41. The van der Waals surface area contributed by atoms with Crippen LogP contribution in [0.3, 0.4) is 0 Å². The maximum Gasteiger partial charge on any atom is 0.416 e. The number of alkyl halides is 3. The van der Waals surface area contributed by atoms with Gasteiger partial charge in [0.05, 0.1) is 23.9 Å². The fraction of sp³-hybridized carbons (Fsp3) is 0.160. The summed E-state index contributed by atoms with van der Waals surface area (Å²) in [6, 6.07) is 13.5. The highest BCUT2D eigenvalue weighted by Gasteiger charge is 2.29. The summed E-state index contributed by atoms with van der Waals surface area (Å²) in [5, 5.41) is 16.1. The SMILES string of the molecule is COc1cc(NC(=O)CCc2ccc(C(F)(F)F)cc2)ccc1C=NNC(=O)c1ccc(O)c(Cl)c1. The van der Waals surface area contributed by atoms with Crippen LogP contribution in [0.2, 0.25) is 5.02 Å². The number of phenolic OH excluding ortho intramolecular Hbond substituents is 1. The van der Waals surface area contributed by atoms with Gasteiger partial charge in [-0.15, -0.1) is 0 Å². The highest BCUT2D eigenvalue weighted by molar-refractivity contribution is 6.32. The van der Waals surface area contributed by atoms with Gasteiger partial charge in [-0.2, -0.15) is 18.3 Å². The van der Waals surface area contributed by atoms with Crippen molar-refractivity contribution in [1.82, 2.24) is 5.43 Å². The molecule has 0 aliphatic rings. The van der Waals surface area contributed by atoms with Crippen LogP contribution in [0.5, 0.6) is 11.5 Å². The number of aryl methyl sites for hydroxylation is 1. The first-order valence-electron chi connectivity index (χ1n) is 10.5. The van der Waals surface area contributed by atoms with Crippen molar-refractivity contribution in [2.75, 3.05) is 12.4 Å². The summed E-state index contributed by atoms with van der Waals surface area (Å²) in [5.74, 6) is -0.628. The van der Waals surface area contributed by atoms with E-state index in [1.165, 1.54) is 43.7 Å². The van der Waals surface area contributed by atoms with Gasteiger partial charge >= 0.3 is 6.18 Å². The Balaban J connectivity index is 1.56. The number of methoxy groups -OCH3 is 1. The molecule has 0 aliphatic heterocycles. The van der Waals surface area contributed by atoms with Crippen molar-refractivity contribution in [3.05, 3.63) is 87.9 Å². The number of phenols is 1. The number of hydrazone groups is 1. The van der Waals surface area contributed by atoms with Crippen LogP contribution >= 0.6 is 11.6 Å². The molecule has 11 heteroatoms. The van der Waals surface area contributed by atoms with Crippen molar-refractivity contribution in [1.29, 1.82) is 0 Å². The first-order valence-corrected chi connectivity index (χ1v) is 10.9. The molecular weight excluding hydrogens is 499 g/mol. The Bertz CT molecular complexity index is 1280. The second-order valence-electron chi connectivity index (χ2n) is 7.56. The fourth-order valence-corrected chi connectivity index (χ4v) is 3.29. The maximum atomic E-state index is 12.7. The van der Waals surface area contributed by atoms with E-state index in [0.29, 0.717) is 22.6 Å². The molecule has 0 saturated heterocycles. The second kappa shape index (κ2) is 11.6. The maximum absolute atomic E-state index is 12.7. The summed E-state index contributed by atoms with van der Waals surface area (Å²) < 4.78 is 43.3. The number of carbonyl (C=O) groups excluding carboxylic acids is 2. The topological polar surface area (TPSA) is 100 Å². The Morgan fingerprint density at radius 3 is 2.44 bits per heavy atom. The summed E-state index contributed by atoms with van der Waals surface area (Å²) in [5.41, 5.74) is 3.38. The van der Waals surface area contributed by atoms with Crippen molar-refractivity contribution >= 4 is 35.3 Å². The lowest BCUT2D eigenvalue weighted by molar-refractivity contribution is -0.137. The van der Waals surface area contributed by atoms with E-state index in [0.717, 1.165) is 12.1 Å². The predicted molar refractivity (Wildman–Crippen MR) is 130 cm³/mol. The van der Waals surface area contributed by atoms with Gasteiger partial charge in [0.2, 0.25) is 5.91 Å². The van der Waals surface area contributed by atoms with Crippen molar-refractivity contribution in [2.24, 2.45) is 5.10 Å². The van der Waals surface area contributed by atoms with Crippen LogP contribution in [0, 0.1) is 0 Å². The van der Waals surface area contributed by atoms with Crippen molar-refractivity contribution in [3.63, 3.8) is 0 Å². The van der Waals surface area contributed by atoms with Crippen LogP contribution in [0.4, 0.5) is 18.9 Å². The van der Waals surface area contributed by atoms with Crippen LogP contribution in [-0.2, 0) is 17.4 Å². The first-order chi connectivity index (χ1) is 17.1. The van der Waals surface area contributed by atoms with Gasteiger partial charge in [-0.3, -0.25) is 9.59 Å².